The smallest absolute Gasteiger partial charge is 0.146 e. The van der Waals surface area contributed by atoms with Crippen molar-refractivity contribution in [3.05, 3.63) is 64.8 Å². The Balaban J connectivity index is 1.93. The molecule has 0 fully saturated rings. The molecular formula is C16H12BrN3O. The first-order valence-electron chi connectivity index (χ1n) is 6.30. The standard InChI is InChI=1S/C16H12BrN3O/c17-13-8-11(16(18)19)5-6-15(13)21-12-7-10-3-1-2-4-14(10)20-9-12/h1-9H,(H3,18,19). The number of para-hydroxylation sites is 1. The highest BCUT2D eigenvalue weighted by Gasteiger charge is 2.06. The third kappa shape index (κ3) is 2.87. The number of fused-ring (bicyclic) bond motifs is 1. The summed E-state index contributed by atoms with van der Waals surface area (Å²) in [4.78, 5) is 4.36. The Hall–Kier alpha value is -2.40. The van der Waals surface area contributed by atoms with Crippen LogP contribution in [0.5, 0.6) is 11.5 Å². The average molecular weight is 342 g/mol. The first kappa shape index (κ1) is 13.6. The summed E-state index contributed by atoms with van der Waals surface area (Å²) in [6.45, 7) is 0. The molecule has 0 atom stereocenters. The molecule has 4 nitrogen and oxygen atoms in total. The predicted octanol–water partition coefficient (Wildman–Crippen LogP) is 4.07. The molecule has 0 amide bonds. The number of halogens is 1. The molecule has 0 saturated heterocycles. The van der Waals surface area contributed by atoms with E-state index in [1.807, 2.05) is 30.3 Å². The summed E-state index contributed by atoms with van der Waals surface area (Å²) in [5.74, 6) is 1.33. The van der Waals surface area contributed by atoms with Crippen LogP contribution in [0.15, 0.2) is 59.2 Å². The summed E-state index contributed by atoms with van der Waals surface area (Å²) in [5, 5.41) is 8.44. The number of hydrogen-bond acceptors (Lipinski definition) is 3. The van der Waals surface area contributed by atoms with Crippen LogP contribution in [0.25, 0.3) is 10.9 Å². The van der Waals surface area contributed by atoms with E-state index in [0.29, 0.717) is 17.1 Å². The molecule has 0 bridgehead atoms. The van der Waals surface area contributed by atoms with E-state index in [1.54, 1.807) is 24.4 Å². The molecule has 3 N–H and O–H groups in total. The van der Waals surface area contributed by atoms with Crippen LogP contribution in [0.2, 0.25) is 0 Å². The maximum atomic E-state index is 7.42. The van der Waals surface area contributed by atoms with Crippen molar-refractivity contribution in [2.75, 3.05) is 0 Å². The lowest BCUT2D eigenvalue weighted by atomic mass is 10.2. The Labute approximate surface area is 130 Å². The van der Waals surface area contributed by atoms with E-state index in [2.05, 4.69) is 20.9 Å². The van der Waals surface area contributed by atoms with Gasteiger partial charge < -0.3 is 10.5 Å². The second-order valence-electron chi connectivity index (χ2n) is 4.52. The van der Waals surface area contributed by atoms with Crippen LogP contribution in [0.3, 0.4) is 0 Å². The third-order valence-corrected chi connectivity index (χ3v) is 3.66. The Morgan fingerprint density at radius 2 is 1.95 bits per heavy atom. The fourth-order valence-electron chi connectivity index (χ4n) is 1.98. The summed E-state index contributed by atoms with van der Waals surface area (Å²) >= 11 is 3.43. The molecule has 0 aliphatic rings. The van der Waals surface area contributed by atoms with Crippen LogP contribution in [0.4, 0.5) is 0 Å². The second-order valence-corrected chi connectivity index (χ2v) is 5.38. The molecule has 1 aromatic heterocycles. The van der Waals surface area contributed by atoms with Crippen LogP contribution in [0, 0.1) is 5.41 Å². The first-order valence-corrected chi connectivity index (χ1v) is 7.09. The zero-order valence-electron chi connectivity index (χ0n) is 11.0. The number of aromatic nitrogens is 1. The fourth-order valence-corrected chi connectivity index (χ4v) is 2.44. The highest BCUT2D eigenvalue weighted by atomic mass is 79.9. The van der Waals surface area contributed by atoms with Crippen molar-refractivity contribution in [2.24, 2.45) is 5.73 Å². The Morgan fingerprint density at radius 3 is 2.71 bits per heavy atom. The molecule has 0 radical (unpaired) electrons. The van der Waals surface area contributed by atoms with Crippen LogP contribution in [-0.2, 0) is 0 Å². The van der Waals surface area contributed by atoms with Gasteiger partial charge in [0.25, 0.3) is 0 Å². The first-order chi connectivity index (χ1) is 10.1. The number of ether oxygens (including phenoxy) is 1. The van der Waals surface area contributed by atoms with Crippen LogP contribution in [0.1, 0.15) is 5.56 Å². The van der Waals surface area contributed by atoms with Crippen molar-refractivity contribution in [2.45, 2.75) is 0 Å². The zero-order chi connectivity index (χ0) is 14.8. The Kier molecular flexibility index (Phi) is 3.58. The molecule has 0 saturated carbocycles. The van der Waals surface area contributed by atoms with Gasteiger partial charge in [-0.25, -0.2) is 0 Å². The van der Waals surface area contributed by atoms with E-state index in [-0.39, 0.29) is 5.84 Å². The lowest BCUT2D eigenvalue weighted by Crippen LogP contribution is -2.10. The highest BCUT2D eigenvalue weighted by Crippen LogP contribution is 2.31. The summed E-state index contributed by atoms with van der Waals surface area (Å²) in [5.41, 5.74) is 7.03. The maximum absolute atomic E-state index is 7.42. The van der Waals surface area contributed by atoms with Gasteiger partial charge in [-0.05, 0) is 46.3 Å². The molecule has 5 heteroatoms. The number of nitrogens with one attached hydrogen (secondary N) is 1. The summed E-state index contributed by atoms with van der Waals surface area (Å²) in [6, 6.07) is 15.1. The van der Waals surface area contributed by atoms with Gasteiger partial charge in [-0.15, -0.1) is 0 Å². The number of nitrogens with zero attached hydrogens (tertiary/aromatic N) is 1. The van der Waals surface area contributed by atoms with E-state index in [4.69, 9.17) is 15.9 Å². The topological polar surface area (TPSA) is 72.0 Å². The molecule has 2 aromatic carbocycles. The van der Waals surface area contributed by atoms with Crippen LogP contribution in [-0.4, -0.2) is 10.8 Å². The minimum atomic E-state index is 0.0228. The SMILES string of the molecule is N=C(N)c1ccc(Oc2cnc3ccccc3c2)c(Br)c1. The number of hydrogen-bond donors (Lipinski definition) is 2. The molecule has 3 aromatic rings. The lowest BCUT2D eigenvalue weighted by Gasteiger charge is -2.09. The molecular weight excluding hydrogens is 330 g/mol. The van der Waals surface area contributed by atoms with Gasteiger partial charge in [-0.3, -0.25) is 10.4 Å². The van der Waals surface area contributed by atoms with Crippen molar-refractivity contribution in [1.82, 2.24) is 4.98 Å². The van der Waals surface area contributed by atoms with Gasteiger partial charge in [0.1, 0.15) is 17.3 Å². The highest BCUT2D eigenvalue weighted by molar-refractivity contribution is 9.10. The maximum Gasteiger partial charge on any atom is 0.146 e. The molecule has 0 unspecified atom stereocenters. The predicted molar refractivity (Wildman–Crippen MR) is 87.0 cm³/mol. The number of rotatable bonds is 3. The number of nitrogens with two attached hydrogens (primary N) is 1. The van der Waals surface area contributed by atoms with Gasteiger partial charge in [-0.1, -0.05) is 18.2 Å². The van der Waals surface area contributed by atoms with Crippen molar-refractivity contribution in [1.29, 1.82) is 5.41 Å². The quantitative estimate of drug-likeness (QED) is 0.557. The molecule has 3 rings (SSSR count). The Bertz CT molecular complexity index is 833. The molecule has 21 heavy (non-hydrogen) atoms. The van der Waals surface area contributed by atoms with Gasteiger partial charge in [0.05, 0.1) is 16.2 Å². The number of nitrogen functional groups attached to an aromatic ring is 1. The zero-order valence-corrected chi connectivity index (χ0v) is 12.6. The molecule has 0 aliphatic heterocycles. The average Bonchev–Trinajstić information content (AvgIpc) is 2.49. The van der Waals surface area contributed by atoms with E-state index < -0.39 is 0 Å². The fraction of sp³-hybridized carbons (Fsp3) is 0. The minimum Gasteiger partial charge on any atom is -0.455 e. The summed E-state index contributed by atoms with van der Waals surface area (Å²) < 4.78 is 6.57. The summed E-state index contributed by atoms with van der Waals surface area (Å²) in [6.07, 6.45) is 1.69. The van der Waals surface area contributed by atoms with Gasteiger partial charge in [0.15, 0.2) is 0 Å². The lowest BCUT2D eigenvalue weighted by molar-refractivity contribution is 0.478. The van der Waals surface area contributed by atoms with E-state index >= 15 is 0 Å². The number of pyridine rings is 1. The molecule has 0 spiro atoms. The van der Waals surface area contributed by atoms with Gasteiger partial charge in [0, 0.05) is 10.9 Å². The number of amidine groups is 1. The molecule has 1 heterocycles. The van der Waals surface area contributed by atoms with Crippen molar-refractivity contribution >= 4 is 32.7 Å². The van der Waals surface area contributed by atoms with Crippen molar-refractivity contribution < 1.29 is 4.74 Å². The van der Waals surface area contributed by atoms with Gasteiger partial charge in [-0.2, -0.15) is 0 Å². The van der Waals surface area contributed by atoms with E-state index in [0.717, 1.165) is 15.4 Å². The van der Waals surface area contributed by atoms with Crippen LogP contribution < -0.4 is 10.5 Å². The number of benzene rings is 2. The van der Waals surface area contributed by atoms with Gasteiger partial charge in [0.2, 0.25) is 0 Å². The second kappa shape index (κ2) is 5.54. The Morgan fingerprint density at radius 1 is 1.14 bits per heavy atom. The molecule has 0 aliphatic carbocycles. The van der Waals surface area contributed by atoms with E-state index in [9.17, 15) is 0 Å². The normalized spacial score (nSPS) is 10.5. The van der Waals surface area contributed by atoms with Crippen LogP contribution >= 0.6 is 15.9 Å². The monoisotopic (exact) mass is 341 g/mol. The third-order valence-electron chi connectivity index (χ3n) is 3.04. The summed E-state index contributed by atoms with van der Waals surface area (Å²) in [7, 11) is 0. The molecule has 104 valence electrons. The minimum absolute atomic E-state index is 0.0228. The van der Waals surface area contributed by atoms with Crippen molar-refractivity contribution in [3.8, 4) is 11.5 Å². The van der Waals surface area contributed by atoms with Crippen molar-refractivity contribution in [3.63, 3.8) is 0 Å². The van der Waals surface area contributed by atoms with Gasteiger partial charge >= 0.3 is 0 Å². The largest absolute Gasteiger partial charge is 0.455 e. The van der Waals surface area contributed by atoms with E-state index in [1.165, 1.54) is 0 Å².